The Labute approximate surface area is 119 Å². The standard InChI is InChI=1S/C15H21N3O2/c1-15(2,3)20-14(19)17-12-8-6-11(7-9-12)13-5-4-10-16-18-13/h4-6,10,12H,7-9H2,1-3H3,(H,17,19). The van der Waals surface area contributed by atoms with Crippen LogP contribution in [0, 0.1) is 0 Å². The van der Waals surface area contributed by atoms with Crippen LogP contribution in [0.25, 0.3) is 5.57 Å². The molecule has 0 bridgehead atoms. The summed E-state index contributed by atoms with van der Waals surface area (Å²) < 4.78 is 5.26. The molecule has 0 aromatic carbocycles. The van der Waals surface area contributed by atoms with E-state index in [-0.39, 0.29) is 12.1 Å². The van der Waals surface area contributed by atoms with Gasteiger partial charge in [-0.15, -0.1) is 0 Å². The van der Waals surface area contributed by atoms with E-state index in [1.807, 2.05) is 32.9 Å². The summed E-state index contributed by atoms with van der Waals surface area (Å²) in [5, 5.41) is 10.9. The number of allylic oxidation sites excluding steroid dienone is 1. The second-order valence-corrected chi connectivity index (χ2v) is 5.96. The van der Waals surface area contributed by atoms with E-state index >= 15 is 0 Å². The van der Waals surface area contributed by atoms with Crippen LogP contribution in [0.3, 0.4) is 0 Å². The van der Waals surface area contributed by atoms with Crippen LogP contribution in [0.1, 0.15) is 45.7 Å². The van der Waals surface area contributed by atoms with Gasteiger partial charge in [-0.05, 0) is 57.7 Å². The van der Waals surface area contributed by atoms with Gasteiger partial charge in [-0.2, -0.15) is 10.2 Å². The van der Waals surface area contributed by atoms with Gasteiger partial charge in [0.25, 0.3) is 0 Å². The van der Waals surface area contributed by atoms with Crippen molar-refractivity contribution in [2.75, 3.05) is 0 Å². The lowest BCUT2D eigenvalue weighted by molar-refractivity contribution is 0.0502. The molecule has 5 heteroatoms. The lowest BCUT2D eigenvalue weighted by Crippen LogP contribution is -2.39. The molecule has 1 aromatic heterocycles. The lowest BCUT2D eigenvalue weighted by Gasteiger charge is -2.25. The van der Waals surface area contributed by atoms with Crippen molar-refractivity contribution in [2.45, 2.75) is 51.7 Å². The minimum Gasteiger partial charge on any atom is -0.444 e. The van der Waals surface area contributed by atoms with Crippen molar-refractivity contribution in [1.29, 1.82) is 0 Å². The fourth-order valence-corrected chi connectivity index (χ4v) is 2.14. The van der Waals surface area contributed by atoms with E-state index < -0.39 is 5.60 Å². The third-order valence-electron chi connectivity index (χ3n) is 3.03. The van der Waals surface area contributed by atoms with E-state index in [9.17, 15) is 4.79 Å². The molecule has 1 aromatic rings. The van der Waals surface area contributed by atoms with Gasteiger partial charge < -0.3 is 10.1 Å². The van der Waals surface area contributed by atoms with Crippen LogP contribution >= 0.6 is 0 Å². The molecule has 1 unspecified atom stereocenters. The lowest BCUT2D eigenvalue weighted by atomic mass is 9.93. The second-order valence-electron chi connectivity index (χ2n) is 5.96. The van der Waals surface area contributed by atoms with Gasteiger partial charge in [-0.1, -0.05) is 6.08 Å². The van der Waals surface area contributed by atoms with Crippen LogP contribution in [-0.4, -0.2) is 27.9 Å². The van der Waals surface area contributed by atoms with Gasteiger partial charge in [0.15, 0.2) is 0 Å². The monoisotopic (exact) mass is 275 g/mol. The van der Waals surface area contributed by atoms with Gasteiger partial charge in [-0.3, -0.25) is 0 Å². The summed E-state index contributed by atoms with van der Waals surface area (Å²) in [5.74, 6) is 0. The molecule has 1 heterocycles. The molecule has 5 nitrogen and oxygen atoms in total. The van der Waals surface area contributed by atoms with Gasteiger partial charge >= 0.3 is 6.09 Å². The van der Waals surface area contributed by atoms with Crippen molar-refractivity contribution in [3.63, 3.8) is 0 Å². The molecule has 1 aliphatic carbocycles. The zero-order valence-electron chi connectivity index (χ0n) is 12.2. The van der Waals surface area contributed by atoms with E-state index in [0.717, 1.165) is 25.0 Å². The zero-order valence-corrected chi connectivity index (χ0v) is 12.2. The largest absolute Gasteiger partial charge is 0.444 e. The van der Waals surface area contributed by atoms with Crippen LogP contribution in [-0.2, 0) is 4.74 Å². The fraction of sp³-hybridized carbons (Fsp3) is 0.533. The van der Waals surface area contributed by atoms with Gasteiger partial charge in [-0.25, -0.2) is 4.79 Å². The highest BCUT2D eigenvalue weighted by atomic mass is 16.6. The van der Waals surface area contributed by atoms with Crippen LogP contribution in [0.15, 0.2) is 24.4 Å². The molecule has 1 atom stereocenters. The second kappa shape index (κ2) is 6.03. The molecule has 0 saturated carbocycles. The Hall–Kier alpha value is -1.91. The predicted octanol–water partition coefficient (Wildman–Crippen LogP) is 2.94. The van der Waals surface area contributed by atoms with Crippen molar-refractivity contribution >= 4 is 11.7 Å². The molecule has 2 rings (SSSR count). The van der Waals surface area contributed by atoms with E-state index in [2.05, 4.69) is 21.6 Å². The topological polar surface area (TPSA) is 64.1 Å². The number of alkyl carbamates (subject to hydrolysis) is 1. The molecule has 0 fully saturated rings. The summed E-state index contributed by atoms with van der Waals surface area (Å²) in [6.07, 6.45) is 6.01. The highest BCUT2D eigenvalue weighted by Crippen LogP contribution is 2.25. The molecule has 1 amide bonds. The van der Waals surface area contributed by atoms with Gasteiger partial charge in [0.1, 0.15) is 5.60 Å². The van der Waals surface area contributed by atoms with Crippen molar-refractivity contribution in [3.05, 3.63) is 30.1 Å². The maximum Gasteiger partial charge on any atom is 0.407 e. The average molecular weight is 275 g/mol. The van der Waals surface area contributed by atoms with Gasteiger partial charge in [0, 0.05) is 12.2 Å². The van der Waals surface area contributed by atoms with E-state index in [4.69, 9.17) is 4.74 Å². The SMILES string of the molecule is CC(C)(C)OC(=O)NC1CC=C(c2cccnn2)CC1. The van der Waals surface area contributed by atoms with Crippen molar-refractivity contribution in [1.82, 2.24) is 15.5 Å². The van der Waals surface area contributed by atoms with Crippen molar-refractivity contribution in [2.24, 2.45) is 0 Å². The van der Waals surface area contributed by atoms with Crippen LogP contribution in [0.5, 0.6) is 0 Å². The number of carbonyl (C=O) groups excluding carboxylic acids is 1. The average Bonchev–Trinajstić information content (AvgIpc) is 2.38. The van der Waals surface area contributed by atoms with Gasteiger partial charge in [0.05, 0.1) is 5.69 Å². The Morgan fingerprint density at radius 2 is 2.25 bits per heavy atom. The number of amides is 1. The first kappa shape index (κ1) is 14.5. The quantitative estimate of drug-likeness (QED) is 0.901. The number of hydrogen-bond donors (Lipinski definition) is 1. The number of nitrogens with zero attached hydrogens (tertiary/aromatic N) is 2. The number of nitrogens with one attached hydrogen (secondary N) is 1. The maximum absolute atomic E-state index is 11.7. The molecule has 1 N–H and O–H groups in total. The first-order valence-corrected chi connectivity index (χ1v) is 6.91. The Bertz CT molecular complexity index is 492. The number of hydrogen-bond acceptors (Lipinski definition) is 4. The Balaban J connectivity index is 1.88. The Kier molecular flexibility index (Phi) is 4.37. The van der Waals surface area contributed by atoms with E-state index in [1.54, 1.807) is 6.20 Å². The summed E-state index contributed by atoms with van der Waals surface area (Å²) in [6.45, 7) is 5.58. The zero-order chi connectivity index (χ0) is 14.6. The smallest absolute Gasteiger partial charge is 0.407 e. The van der Waals surface area contributed by atoms with Crippen LogP contribution in [0.2, 0.25) is 0 Å². The first-order valence-electron chi connectivity index (χ1n) is 6.91. The van der Waals surface area contributed by atoms with E-state index in [0.29, 0.717) is 0 Å². The molecule has 20 heavy (non-hydrogen) atoms. The fourth-order valence-electron chi connectivity index (χ4n) is 2.14. The Morgan fingerprint density at radius 3 is 2.80 bits per heavy atom. The number of rotatable bonds is 2. The third kappa shape index (κ3) is 4.33. The first-order chi connectivity index (χ1) is 9.44. The normalized spacial score (nSPS) is 19.1. The number of aromatic nitrogens is 2. The molecule has 1 aliphatic rings. The molecule has 0 radical (unpaired) electrons. The van der Waals surface area contributed by atoms with Gasteiger partial charge in [0.2, 0.25) is 0 Å². The molecule has 0 saturated heterocycles. The molecular weight excluding hydrogens is 254 g/mol. The summed E-state index contributed by atoms with van der Waals surface area (Å²) >= 11 is 0. The summed E-state index contributed by atoms with van der Waals surface area (Å²) in [7, 11) is 0. The maximum atomic E-state index is 11.7. The molecule has 0 spiro atoms. The summed E-state index contributed by atoms with van der Waals surface area (Å²) in [6, 6.07) is 3.97. The minimum absolute atomic E-state index is 0.130. The molecule has 108 valence electrons. The summed E-state index contributed by atoms with van der Waals surface area (Å²) in [5.41, 5.74) is 1.66. The third-order valence-corrected chi connectivity index (χ3v) is 3.03. The minimum atomic E-state index is -0.459. The molecular formula is C15H21N3O2. The van der Waals surface area contributed by atoms with Crippen molar-refractivity contribution < 1.29 is 9.53 Å². The number of ether oxygens (including phenoxy) is 1. The van der Waals surface area contributed by atoms with Crippen LogP contribution < -0.4 is 5.32 Å². The number of carbonyl (C=O) groups is 1. The predicted molar refractivity (Wildman–Crippen MR) is 77.0 cm³/mol. The highest BCUT2D eigenvalue weighted by molar-refractivity contribution is 5.69. The molecule has 0 aliphatic heterocycles. The van der Waals surface area contributed by atoms with Crippen LogP contribution in [0.4, 0.5) is 4.79 Å². The highest BCUT2D eigenvalue weighted by Gasteiger charge is 2.21. The van der Waals surface area contributed by atoms with E-state index in [1.165, 1.54) is 5.57 Å². The van der Waals surface area contributed by atoms with Crippen molar-refractivity contribution in [3.8, 4) is 0 Å². The summed E-state index contributed by atoms with van der Waals surface area (Å²) in [4.78, 5) is 11.7. The Morgan fingerprint density at radius 1 is 1.45 bits per heavy atom.